The molecular weight excluding hydrogens is 310 g/mol. The van der Waals surface area contributed by atoms with Crippen molar-refractivity contribution in [2.75, 3.05) is 0 Å². The van der Waals surface area contributed by atoms with Gasteiger partial charge in [0, 0.05) is 18.7 Å². The topological polar surface area (TPSA) is 49.2 Å². The zero-order valence-electron chi connectivity index (χ0n) is 13.5. The molecule has 3 heterocycles. The van der Waals surface area contributed by atoms with Crippen LogP contribution in [0.1, 0.15) is 33.4 Å². The average molecular weight is 327 g/mol. The predicted molar refractivity (Wildman–Crippen MR) is 79.2 cm³/mol. The normalized spacial score (nSPS) is 20.4. The molecule has 0 spiro atoms. The van der Waals surface area contributed by atoms with Crippen molar-refractivity contribution in [3.8, 4) is 0 Å². The molecule has 1 aliphatic rings. The highest BCUT2D eigenvalue weighted by molar-refractivity contribution is 6.62. The van der Waals surface area contributed by atoms with Crippen LogP contribution in [0.5, 0.6) is 0 Å². The molecule has 0 radical (unpaired) electrons. The molecule has 5 nitrogen and oxygen atoms in total. The van der Waals surface area contributed by atoms with Gasteiger partial charge >= 0.3 is 13.3 Å². The standard InChI is InChI=1S/C14H17BF3N3O2/c1-12(2)13(3,4)23-15(22-12)8-6-9-10(19-7-8)11(14(16,17)18)20-21(9)5/h6-7H,1-5H3. The molecule has 1 fully saturated rings. The summed E-state index contributed by atoms with van der Waals surface area (Å²) >= 11 is 0. The van der Waals surface area contributed by atoms with E-state index in [4.69, 9.17) is 9.31 Å². The molecule has 0 aliphatic carbocycles. The summed E-state index contributed by atoms with van der Waals surface area (Å²) in [5, 5.41) is 3.53. The Labute approximate surface area is 131 Å². The third-order valence-electron chi connectivity index (χ3n) is 4.51. The third kappa shape index (κ3) is 2.51. The SMILES string of the molecule is Cn1nc(C(F)(F)F)c2ncc(B3OC(C)(C)C(C)(C)O3)cc21. The lowest BCUT2D eigenvalue weighted by molar-refractivity contribution is -0.140. The van der Waals surface area contributed by atoms with E-state index < -0.39 is 30.2 Å². The van der Waals surface area contributed by atoms with Crippen molar-refractivity contribution in [2.45, 2.75) is 45.1 Å². The number of hydrogen-bond acceptors (Lipinski definition) is 4. The molecule has 2 aromatic rings. The molecule has 0 saturated carbocycles. The van der Waals surface area contributed by atoms with E-state index in [2.05, 4.69) is 10.1 Å². The quantitative estimate of drug-likeness (QED) is 0.754. The summed E-state index contributed by atoms with van der Waals surface area (Å²) < 4.78 is 51.9. The zero-order chi connectivity index (χ0) is 17.2. The number of aryl methyl sites for hydroxylation is 1. The number of nitrogens with zero attached hydrogens (tertiary/aromatic N) is 3. The van der Waals surface area contributed by atoms with E-state index >= 15 is 0 Å². The number of alkyl halides is 3. The molecule has 0 N–H and O–H groups in total. The highest BCUT2D eigenvalue weighted by Gasteiger charge is 2.52. The van der Waals surface area contributed by atoms with Gasteiger partial charge in [-0.05, 0) is 33.8 Å². The Hall–Kier alpha value is -1.61. The van der Waals surface area contributed by atoms with Crippen LogP contribution < -0.4 is 5.46 Å². The van der Waals surface area contributed by atoms with Gasteiger partial charge in [0.2, 0.25) is 0 Å². The molecule has 0 bridgehead atoms. The Bertz CT molecular complexity index is 754. The number of halogens is 3. The molecule has 0 atom stereocenters. The Kier molecular flexibility index (Phi) is 3.32. The minimum absolute atomic E-state index is 0.180. The average Bonchev–Trinajstić information content (AvgIpc) is 2.84. The van der Waals surface area contributed by atoms with Crippen molar-refractivity contribution in [2.24, 2.45) is 7.05 Å². The van der Waals surface area contributed by atoms with Gasteiger partial charge in [-0.15, -0.1) is 0 Å². The second-order valence-electron chi connectivity index (χ2n) is 6.69. The molecule has 3 rings (SSSR count). The molecule has 1 aliphatic heterocycles. The molecule has 23 heavy (non-hydrogen) atoms. The highest BCUT2D eigenvalue weighted by Crippen LogP contribution is 2.37. The molecule has 2 aromatic heterocycles. The van der Waals surface area contributed by atoms with Gasteiger partial charge in [0.15, 0.2) is 5.69 Å². The summed E-state index contributed by atoms with van der Waals surface area (Å²) in [4.78, 5) is 3.95. The van der Waals surface area contributed by atoms with E-state index in [1.165, 1.54) is 17.9 Å². The third-order valence-corrected chi connectivity index (χ3v) is 4.51. The van der Waals surface area contributed by atoms with Crippen molar-refractivity contribution >= 4 is 23.6 Å². The first-order valence-corrected chi connectivity index (χ1v) is 7.18. The number of hydrogen-bond donors (Lipinski definition) is 0. The van der Waals surface area contributed by atoms with Gasteiger partial charge in [-0.25, -0.2) is 0 Å². The Balaban J connectivity index is 2.04. The zero-order valence-corrected chi connectivity index (χ0v) is 13.5. The van der Waals surface area contributed by atoms with Gasteiger partial charge in [0.25, 0.3) is 0 Å². The first kappa shape index (κ1) is 16.3. The fourth-order valence-electron chi connectivity index (χ4n) is 2.45. The summed E-state index contributed by atoms with van der Waals surface area (Å²) in [6, 6.07) is 1.58. The van der Waals surface area contributed by atoms with Gasteiger partial charge in [-0.3, -0.25) is 9.67 Å². The number of pyridine rings is 1. The van der Waals surface area contributed by atoms with Crippen molar-refractivity contribution in [3.05, 3.63) is 18.0 Å². The van der Waals surface area contributed by atoms with Crippen molar-refractivity contribution < 1.29 is 22.5 Å². The van der Waals surface area contributed by atoms with Crippen molar-refractivity contribution in [1.29, 1.82) is 0 Å². The lowest BCUT2D eigenvalue weighted by Gasteiger charge is -2.32. The van der Waals surface area contributed by atoms with Crippen LogP contribution in [0.2, 0.25) is 0 Å². The van der Waals surface area contributed by atoms with E-state index in [-0.39, 0.29) is 11.0 Å². The second kappa shape index (κ2) is 4.70. The maximum Gasteiger partial charge on any atom is 0.496 e. The van der Waals surface area contributed by atoms with Crippen LogP contribution >= 0.6 is 0 Å². The van der Waals surface area contributed by atoms with Gasteiger partial charge in [-0.2, -0.15) is 18.3 Å². The van der Waals surface area contributed by atoms with Crippen LogP contribution in [0.3, 0.4) is 0 Å². The van der Waals surface area contributed by atoms with Crippen LogP contribution in [0, 0.1) is 0 Å². The first-order valence-electron chi connectivity index (χ1n) is 7.18. The maximum atomic E-state index is 13.0. The summed E-state index contributed by atoms with van der Waals surface area (Å²) in [6.45, 7) is 7.63. The van der Waals surface area contributed by atoms with Crippen LogP contribution in [0.4, 0.5) is 13.2 Å². The monoisotopic (exact) mass is 327 g/mol. The minimum Gasteiger partial charge on any atom is -0.399 e. The van der Waals surface area contributed by atoms with Gasteiger partial charge < -0.3 is 9.31 Å². The number of rotatable bonds is 1. The summed E-state index contributed by atoms with van der Waals surface area (Å²) in [6.07, 6.45) is -3.19. The fraction of sp³-hybridized carbons (Fsp3) is 0.571. The van der Waals surface area contributed by atoms with Crippen molar-refractivity contribution in [3.63, 3.8) is 0 Å². The second-order valence-corrected chi connectivity index (χ2v) is 6.69. The van der Waals surface area contributed by atoms with Gasteiger partial charge in [-0.1, -0.05) is 0 Å². The minimum atomic E-state index is -4.54. The molecule has 0 amide bonds. The first-order chi connectivity index (χ1) is 10.4. The summed E-state index contributed by atoms with van der Waals surface area (Å²) in [5.74, 6) is 0. The van der Waals surface area contributed by atoms with Gasteiger partial charge in [0.05, 0.1) is 16.7 Å². The van der Waals surface area contributed by atoms with Crippen LogP contribution in [0.15, 0.2) is 12.3 Å². The molecular formula is C14H17BF3N3O2. The molecule has 124 valence electrons. The smallest absolute Gasteiger partial charge is 0.399 e. The Morgan fingerprint density at radius 2 is 1.70 bits per heavy atom. The van der Waals surface area contributed by atoms with Gasteiger partial charge in [0.1, 0.15) is 5.52 Å². The maximum absolute atomic E-state index is 13.0. The number of aromatic nitrogens is 3. The fourth-order valence-corrected chi connectivity index (χ4v) is 2.45. The molecule has 9 heteroatoms. The van der Waals surface area contributed by atoms with E-state index in [9.17, 15) is 13.2 Å². The summed E-state index contributed by atoms with van der Waals surface area (Å²) in [5.41, 5.74) is -1.39. The van der Waals surface area contributed by atoms with E-state index in [0.29, 0.717) is 5.46 Å². The molecule has 1 saturated heterocycles. The van der Waals surface area contributed by atoms with Crippen LogP contribution in [-0.4, -0.2) is 33.1 Å². The van der Waals surface area contributed by atoms with E-state index in [1.54, 1.807) is 6.07 Å². The predicted octanol–water partition coefficient (Wildman–Crippen LogP) is 2.29. The lowest BCUT2D eigenvalue weighted by atomic mass is 9.80. The Morgan fingerprint density at radius 1 is 1.13 bits per heavy atom. The van der Waals surface area contributed by atoms with E-state index in [0.717, 1.165) is 0 Å². The Morgan fingerprint density at radius 3 is 2.22 bits per heavy atom. The van der Waals surface area contributed by atoms with Crippen LogP contribution in [0.25, 0.3) is 11.0 Å². The molecule has 0 aromatic carbocycles. The van der Waals surface area contributed by atoms with E-state index in [1.807, 2.05) is 27.7 Å². The number of fused-ring (bicyclic) bond motifs is 1. The van der Waals surface area contributed by atoms with Crippen LogP contribution in [-0.2, 0) is 22.5 Å². The molecule has 0 unspecified atom stereocenters. The highest BCUT2D eigenvalue weighted by atomic mass is 19.4. The largest absolute Gasteiger partial charge is 0.496 e. The lowest BCUT2D eigenvalue weighted by Crippen LogP contribution is -2.41. The van der Waals surface area contributed by atoms with Crippen molar-refractivity contribution in [1.82, 2.24) is 14.8 Å². The summed E-state index contributed by atoms with van der Waals surface area (Å²) in [7, 11) is 0.772.